The summed E-state index contributed by atoms with van der Waals surface area (Å²) in [6, 6.07) is 7.26. The van der Waals surface area contributed by atoms with Crippen molar-refractivity contribution < 1.29 is 4.74 Å². The second-order valence-electron chi connectivity index (χ2n) is 4.68. The predicted molar refractivity (Wildman–Crippen MR) is 68.2 cm³/mol. The van der Waals surface area contributed by atoms with Gasteiger partial charge in [0, 0.05) is 0 Å². The van der Waals surface area contributed by atoms with Gasteiger partial charge in [-0.3, -0.25) is 0 Å². The molecule has 0 radical (unpaired) electrons. The van der Waals surface area contributed by atoms with Gasteiger partial charge in [-0.15, -0.1) is 0 Å². The fraction of sp³-hybridized carbons (Fsp3) is 0.500. The van der Waals surface area contributed by atoms with E-state index < -0.39 is 0 Å². The summed E-state index contributed by atoms with van der Waals surface area (Å²) in [5.41, 5.74) is 0.569. The highest BCUT2D eigenvalue weighted by molar-refractivity contribution is 6.32. The molecule has 1 aromatic carbocycles. The van der Waals surface area contributed by atoms with E-state index in [-0.39, 0.29) is 6.10 Å². The Hall–Kier alpha value is -1.20. The summed E-state index contributed by atoms with van der Waals surface area (Å²) in [7, 11) is 0. The van der Waals surface area contributed by atoms with Gasteiger partial charge < -0.3 is 4.74 Å². The Morgan fingerprint density at radius 1 is 1.35 bits per heavy atom. The normalized spacial score (nSPS) is 24.1. The molecular formula is C14H16ClNO. The first-order valence-corrected chi connectivity index (χ1v) is 6.45. The van der Waals surface area contributed by atoms with Crippen LogP contribution in [0.5, 0.6) is 5.75 Å². The minimum Gasteiger partial charge on any atom is -0.489 e. The Morgan fingerprint density at radius 2 is 2.12 bits per heavy atom. The molecule has 1 saturated carbocycles. The number of nitrogens with zero attached hydrogens (tertiary/aromatic N) is 1. The van der Waals surface area contributed by atoms with Crippen LogP contribution in [0.1, 0.15) is 38.2 Å². The van der Waals surface area contributed by atoms with E-state index in [1.165, 1.54) is 19.3 Å². The smallest absolute Gasteiger partial charge is 0.138 e. The largest absolute Gasteiger partial charge is 0.489 e. The van der Waals surface area contributed by atoms with Gasteiger partial charge in [0.2, 0.25) is 0 Å². The third-order valence-corrected chi connectivity index (χ3v) is 3.67. The van der Waals surface area contributed by atoms with Gasteiger partial charge in [-0.1, -0.05) is 24.9 Å². The molecule has 2 rings (SSSR count). The van der Waals surface area contributed by atoms with E-state index in [1.807, 2.05) is 0 Å². The fourth-order valence-electron chi connectivity index (χ4n) is 2.29. The quantitative estimate of drug-likeness (QED) is 0.788. The van der Waals surface area contributed by atoms with Crippen molar-refractivity contribution in [2.45, 2.75) is 38.7 Å². The average Bonchev–Trinajstić information content (AvgIpc) is 2.34. The SMILES string of the molecule is CC1CCCCC1Oc1ccc(C#N)cc1Cl. The maximum absolute atomic E-state index is 8.77. The van der Waals surface area contributed by atoms with Crippen LogP contribution in [-0.4, -0.2) is 6.10 Å². The molecule has 1 fully saturated rings. The zero-order valence-electron chi connectivity index (χ0n) is 9.95. The molecule has 2 nitrogen and oxygen atoms in total. The van der Waals surface area contributed by atoms with Crippen molar-refractivity contribution in [1.29, 1.82) is 5.26 Å². The van der Waals surface area contributed by atoms with E-state index in [9.17, 15) is 0 Å². The van der Waals surface area contributed by atoms with E-state index in [4.69, 9.17) is 21.6 Å². The summed E-state index contributed by atoms with van der Waals surface area (Å²) in [6.45, 7) is 2.22. The molecule has 90 valence electrons. The van der Waals surface area contributed by atoms with E-state index >= 15 is 0 Å². The summed E-state index contributed by atoms with van der Waals surface area (Å²) >= 11 is 6.10. The average molecular weight is 250 g/mol. The molecule has 17 heavy (non-hydrogen) atoms. The lowest BCUT2D eigenvalue weighted by molar-refractivity contribution is 0.103. The number of rotatable bonds is 2. The van der Waals surface area contributed by atoms with Crippen molar-refractivity contribution in [2.75, 3.05) is 0 Å². The Kier molecular flexibility index (Phi) is 3.91. The van der Waals surface area contributed by atoms with Gasteiger partial charge in [0.05, 0.1) is 16.7 Å². The molecule has 0 N–H and O–H groups in total. The van der Waals surface area contributed by atoms with E-state index in [0.717, 1.165) is 6.42 Å². The van der Waals surface area contributed by atoms with E-state index in [2.05, 4.69) is 13.0 Å². The summed E-state index contributed by atoms with van der Waals surface area (Å²) in [5, 5.41) is 9.30. The molecule has 1 aliphatic carbocycles. The summed E-state index contributed by atoms with van der Waals surface area (Å²) in [6.07, 6.45) is 5.09. The lowest BCUT2D eigenvalue weighted by Crippen LogP contribution is -2.28. The van der Waals surface area contributed by atoms with Crippen LogP contribution in [0.4, 0.5) is 0 Å². The number of hydrogen-bond donors (Lipinski definition) is 0. The van der Waals surface area contributed by atoms with E-state index in [1.54, 1.807) is 18.2 Å². The first kappa shape index (κ1) is 12.3. The second kappa shape index (κ2) is 5.42. The second-order valence-corrected chi connectivity index (χ2v) is 5.08. The minimum absolute atomic E-state index is 0.259. The summed E-state index contributed by atoms with van der Waals surface area (Å²) in [4.78, 5) is 0. The molecule has 0 amide bonds. The van der Waals surface area contributed by atoms with Crippen molar-refractivity contribution >= 4 is 11.6 Å². The van der Waals surface area contributed by atoms with Gasteiger partial charge in [0.15, 0.2) is 0 Å². The van der Waals surface area contributed by atoms with Crippen molar-refractivity contribution in [3.63, 3.8) is 0 Å². The number of benzene rings is 1. The highest BCUT2D eigenvalue weighted by Gasteiger charge is 2.23. The van der Waals surface area contributed by atoms with Gasteiger partial charge in [-0.2, -0.15) is 5.26 Å². The van der Waals surface area contributed by atoms with Crippen molar-refractivity contribution in [3.05, 3.63) is 28.8 Å². The molecule has 1 aromatic rings. The van der Waals surface area contributed by atoms with E-state index in [0.29, 0.717) is 22.3 Å². The van der Waals surface area contributed by atoms with Crippen molar-refractivity contribution in [2.24, 2.45) is 5.92 Å². The molecule has 0 aliphatic heterocycles. The van der Waals surface area contributed by atoms with Crippen LogP contribution in [0.15, 0.2) is 18.2 Å². The molecule has 0 aromatic heterocycles. The van der Waals surface area contributed by atoms with Crippen LogP contribution in [0.3, 0.4) is 0 Å². The highest BCUT2D eigenvalue weighted by atomic mass is 35.5. The van der Waals surface area contributed by atoms with Gasteiger partial charge in [0.1, 0.15) is 11.9 Å². The molecule has 3 heteroatoms. The first-order chi connectivity index (χ1) is 8.20. The zero-order chi connectivity index (χ0) is 12.3. The van der Waals surface area contributed by atoms with Crippen molar-refractivity contribution in [1.82, 2.24) is 0 Å². The van der Waals surface area contributed by atoms with Crippen LogP contribution < -0.4 is 4.74 Å². The monoisotopic (exact) mass is 249 g/mol. The molecule has 2 atom stereocenters. The number of ether oxygens (including phenoxy) is 1. The third-order valence-electron chi connectivity index (χ3n) is 3.37. The Bertz CT molecular complexity index is 438. The maximum atomic E-state index is 8.77. The standard InChI is InChI=1S/C14H16ClNO/c1-10-4-2-3-5-13(10)17-14-7-6-11(9-16)8-12(14)15/h6-8,10,13H,2-5H2,1H3. The minimum atomic E-state index is 0.259. The molecule has 2 unspecified atom stereocenters. The van der Waals surface area contributed by atoms with Gasteiger partial charge in [-0.05, 0) is 43.4 Å². The first-order valence-electron chi connectivity index (χ1n) is 6.07. The van der Waals surface area contributed by atoms with Crippen LogP contribution in [0, 0.1) is 17.2 Å². The lowest BCUT2D eigenvalue weighted by atomic mass is 9.88. The van der Waals surface area contributed by atoms with Crippen molar-refractivity contribution in [3.8, 4) is 11.8 Å². The molecular weight excluding hydrogens is 234 g/mol. The third kappa shape index (κ3) is 2.92. The fourth-order valence-corrected chi connectivity index (χ4v) is 2.51. The number of halogens is 1. The lowest BCUT2D eigenvalue weighted by Gasteiger charge is -2.29. The zero-order valence-corrected chi connectivity index (χ0v) is 10.7. The molecule has 0 heterocycles. The molecule has 0 saturated heterocycles. The molecule has 0 spiro atoms. The molecule has 0 bridgehead atoms. The van der Waals surface area contributed by atoms with Crippen LogP contribution in [-0.2, 0) is 0 Å². The van der Waals surface area contributed by atoms with Crippen LogP contribution in [0.2, 0.25) is 5.02 Å². The Morgan fingerprint density at radius 3 is 2.76 bits per heavy atom. The topological polar surface area (TPSA) is 33.0 Å². The van der Waals surface area contributed by atoms with Crippen LogP contribution in [0.25, 0.3) is 0 Å². The summed E-state index contributed by atoms with van der Waals surface area (Å²) < 4.78 is 5.96. The predicted octanol–water partition coefficient (Wildman–Crippen LogP) is 4.17. The van der Waals surface area contributed by atoms with Gasteiger partial charge in [-0.25, -0.2) is 0 Å². The van der Waals surface area contributed by atoms with Crippen LogP contribution >= 0.6 is 11.6 Å². The Balaban J connectivity index is 2.10. The molecule has 1 aliphatic rings. The number of nitriles is 1. The Labute approximate surface area is 107 Å². The van der Waals surface area contributed by atoms with Gasteiger partial charge in [0.25, 0.3) is 0 Å². The summed E-state index contributed by atoms with van der Waals surface area (Å²) in [5.74, 6) is 1.28. The highest BCUT2D eigenvalue weighted by Crippen LogP contribution is 2.32. The number of hydrogen-bond acceptors (Lipinski definition) is 2. The van der Waals surface area contributed by atoms with Gasteiger partial charge >= 0.3 is 0 Å². The maximum Gasteiger partial charge on any atom is 0.138 e.